The highest BCUT2D eigenvalue weighted by molar-refractivity contribution is 14.1. The molecule has 1 aliphatic rings. The van der Waals surface area contributed by atoms with Crippen LogP contribution in [0.3, 0.4) is 0 Å². The Morgan fingerprint density at radius 3 is 2.63 bits per heavy atom. The number of nitrogen functional groups attached to an aromatic ring is 1. The largest absolute Gasteiger partial charge is 0.396 e. The zero-order valence-electron chi connectivity index (χ0n) is 9.79. The molecule has 9 heteroatoms. The molecule has 1 aromatic heterocycles. The second kappa shape index (κ2) is 5.92. The van der Waals surface area contributed by atoms with Gasteiger partial charge in [-0.1, -0.05) is 11.6 Å². The van der Waals surface area contributed by atoms with Crippen molar-refractivity contribution < 1.29 is 15.3 Å². The lowest BCUT2D eigenvalue weighted by molar-refractivity contribution is 0.00445. The molecule has 1 aliphatic carbocycles. The van der Waals surface area contributed by atoms with Gasteiger partial charge in [0.25, 0.3) is 0 Å². The van der Waals surface area contributed by atoms with Crippen LogP contribution in [0.4, 0.5) is 11.8 Å². The summed E-state index contributed by atoms with van der Waals surface area (Å²) in [5.74, 6) is 0.0763. The molecule has 4 atom stereocenters. The molecular weight excluding hydrogens is 386 g/mol. The highest BCUT2D eigenvalue weighted by atomic mass is 127. The molecule has 6 N–H and O–H groups in total. The molecular formula is C10H14ClIN4O3. The fourth-order valence-corrected chi connectivity index (χ4v) is 2.73. The predicted octanol–water partition coefficient (Wildman–Crippen LogP) is -0.169. The Morgan fingerprint density at radius 1 is 1.37 bits per heavy atom. The van der Waals surface area contributed by atoms with Crippen LogP contribution in [-0.4, -0.2) is 50.1 Å². The van der Waals surface area contributed by atoms with Gasteiger partial charge in [-0.15, -0.1) is 0 Å². The van der Waals surface area contributed by atoms with E-state index in [0.717, 1.165) is 0 Å². The summed E-state index contributed by atoms with van der Waals surface area (Å²) in [6, 6.07) is -0.425. The van der Waals surface area contributed by atoms with Crippen molar-refractivity contribution in [3.8, 4) is 0 Å². The number of rotatable bonds is 3. The second-order valence-corrected chi connectivity index (χ2v) is 5.88. The number of aromatic nitrogens is 2. The van der Waals surface area contributed by atoms with E-state index >= 15 is 0 Å². The van der Waals surface area contributed by atoms with Crippen LogP contribution in [0, 0.1) is 9.49 Å². The summed E-state index contributed by atoms with van der Waals surface area (Å²) in [7, 11) is 0. The van der Waals surface area contributed by atoms with Crippen molar-refractivity contribution in [3.63, 3.8) is 0 Å². The highest BCUT2D eigenvalue weighted by Gasteiger charge is 2.41. The van der Waals surface area contributed by atoms with Crippen LogP contribution in [0.1, 0.15) is 6.42 Å². The molecule has 19 heavy (non-hydrogen) atoms. The molecule has 2 rings (SSSR count). The number of nitrogens with one attached hydrogen (secondary N) is 1. The minimum absolute atomic E-state index is 0.0275. The van der Waals surface area contributed by atoms with Gasteiger partial charge < -0.3 is 26.4 Å². The normalized spacial score (nSPS) is 30.6. The minimum Gasteiger partial charge on any atom is -0.396 e. The molecule has 1 heterocycles. The van der Waals surface area contributed by atoms with Gasteiger partial charge >= 0.3 is 0 Å². The first-order chi connectivity index (χ1) is 8.93. The summed E-state index contributed by atoms with van der Waals surface area (Å²) in [6.07, 6.45) is -1.52. The Morgan fingerprint density at radius 2 is 2.05 bits per heavy atom. The van der Waals surface area contributed by atoms with Gasteiger partial charge in [0.15, 0.2) is 0 Å². The second-order valence-electron chi connectivity index (χ2n) is 4.45. The monoisotopic (exact) mass is 400 g/mol. The van der Waals surface area contributed by atoms with E-state index in [1.54, 1.807) is 0 Å². The van der Waals surface area contributed by atoms with Crippen molar-refractivity contribution >= 4 is 46.0 Å². The van der Waals surface area contributed by atoms with Gasteiger partial charge in [-0.2, -0.15) is 4.98 Å². The number of nitrogens with zero attached hydrogens (tertiary/aromatic N) is 2. The first-order valence-corrected chi connectivity index (χ1v) is 7.11. The molecule has 0 bridgehead atoms. The highest BCUT2D eigenvalue weighted by Crippen LogP contribution is 2.31. The molecule has 1 unspecified atom stereocenters. The van der Waals surface area contributed by atoms with Crippen molar-refractivity contribution in [1.82, 2.24) is 9.97 Å². The van der Waals surface area contributed by atoms with Gasteiger partial charge in [0.2, 0.25) is 5.95 Å². The van der Waals surface area contributed by atoms with Crippen molar-refractivity contribution in [3.05, 3.63) is 8.72 Å². The average molecular weight is 401 g/mol. The van der Waals surface area contributed by atoms with E-state index in [0.29, 0.717) is 15.8 Å². The van der Waals surface area contributed by atoms with Crippen molar-refractivity contribution in [2.45, 2.75) is 24.7 Å². The third-order valence-electron chi connectivity index (χ3n) is 3.19. The maximum absolute atomic E-state index is 9.92. The predicted molar refractivity (Wildman–Crippen MR) is 78.8 cm³/mol. The lowest BCUT2D eigenvalue weighted by atomic mass is 10.1. The molecule has 1 saturated carbocycles. The number of halogens is 2. The van der Waals surface area contributed by atoms with Gasteiger partial charge in [0, 0.05) is 12.5 Å². The summed E-state index contributed by atoms with van der Waals surface area (Å²) >= 11 is 7.86. The Bertz CT molecular complexity index is 478. The first kappa shape index (κ1) is 15.0. The Balaban J connectivity index is 2.18. The summed E-state index contributed by atoms with van der Waals surface area (Å²) in [6.45, 7) is -0.180. The zero-order chi connectivity index (χ0) is 14.2. The van der Waals surface area contributed by atoms with Gasteiger partial charge in [0.1, 0.15) is 17.1 Å². The number of aliphatic hydroxyl groups excluding tert-OH is 3. The smallest absolute Gasteiger partial charge is 0.223 e. The lowest BCUT2D eigenvalue weighted by Gasteiger charge is -2.19. The molecule has 0 amide bonds. The number of hydrogen-bond acceptors (Lipinski definition) is 7. The van der Waals surface area contributed by atoms with E-state index in [1.807, 2.05) is 22.6 Å². The maximum Gasteiger partial charge on any atom is 0.223 e. The molecule has 0 aromatic carbocycles. The maximum atomic E-state index is 9.92. The molecule has 0 aliphatic heterocycles. The van der Waals surface area contributed by atoms with Crippen molar-refractivity contribution in [1.29, 1.82) is 0 Å². The quantitative estimate of drug-likeness (QED) is 0.352. The molecule has 106 valence electrons. The first-order valence-electron chi connectivity index (χ1n) is 5.66. The Labute approximate surface area is 128 Å². The van der Waals surface area contributed by atoms with Crippen molar-refractivity contribution in [2.24, 2.45) is 5.92 Å². The summed E-state index contributed by atoms with van der Waals surface area (Å²) in [5, 5.41) is 32.0. The Hall–Kier alpha value is -0.420. The number of hydrogen-bond donors (Lipinski definition) is 5. The average Bonchev–Trinajstić information content (AvgIpc) is 2.63. The fraction of sp³-hybridized carbons (Fsp3) is 0.600. The van der Waals surface area contributed by atoms with Gasteiger partial charge in [-0.05, 0) is 29.0 Å². The summed E-state index contributed by atoms with van der Waals surface area (Å²) in [5.41, 5.74) is 5.52. The third kappa shape index (κ3) is 3.02. The van der Waals surface area contributed by atoms with Crippen LogP contribution in [-0.2, 0) is 0 Å². The van der Waals surface area contributed by atoms with Crippen LogP contribution in [0.15, 0.2) is 0 Å². The molecule has 7 nitrogen and oxygen atoms in total. The van der Waals surface area contributed by atoms with Crippen LogP contribution in [0.5, 0.6) is 0 Å². The van der Waals surface area contributed by atoms with Crippen LogP contribution >= 0.6 is 34.2 Å². The minimum atomic E-state index is -0.983. The lowest BCUT2D eigenvalue weighted by Crippen LogP contribution is -2.35. The molecule has 1 aromatic rings. The van der Waals surface area contributed by atoms with Gasteiger partial charge in [-0.25, -0.2) is 4.98 Å². The molecule has 0 saturated heterocycles. The molecule has 1 fully saturated rings. The van der Waals surface area contributed by atoms with Gasteiger partial charge in [-0.3, -0.25) is 0 Å². The van der Waals surface area contributed by atoms with Crippen LogP contribution in [0.25, 0.3) is 0 Å². The fourth-order valence-electron chi connectivity index (χ4n) is 2.16. The SMILES string of the molecule is Nc1nc(Cl)c(I)c(NC2C[C@H](CO)[C@@H](O)[C@H]2O)n1. The molecule has 0 spiro atoms. The van der Waals surface area contributed by atoms with E-state index in [2.05, 4.69) is 15.3 Å². The van der Waals surface area contributed by atoms with E-state index in [1.165, 1.54) is 0 Å². The van der Waals surface area contributed by atoms with Crippen LogP contribution in [0.2, 0.25) is 5.15 Å². The summed E-state index contributed by atoms with van der Waals surface area (Å²) < 4.78 is 0.586. The molecule has 0 radical (unpaired) electrons. The number of anilines is 2. The number of aliphatic hydroxyl groups is 3. The van der Waals surface area contributed by atoms with E-state index in [4.69, 9.17) is 22.4 Å². The van der Waals surface area contributed by atoms with Gasteiger partial charge in [0.05, 0.1) is 15.7 Å². The zero-order valence-corrected chi connectivity index (χ0v) is 12.7. The van der Waals surface area contributed by atoms with Crippen LogP contribution < -0.4 is 11.1 Å². The third-order valence-corrected chi connectivity index (χ3v) is 4.80. The number of nitrogens with two attached hydrogens (primary N) is 1. The van der Waals surface area contributed by atoms with E-state index in [-0.39, 0.29) is 23.6 Å². The summed E-state index contributed by atoms with van der Waals surface area (Å²) in [4.78, 5) is 7.82. The van der Waals surface area contributed by atoms with E-state index < -0.39 is 18.2 Å². The Kier molecular flexibility index (Phi) is 4.66. The van der Waals surface area contributed by atoms with Crippen molar-refractivity contribution in [2.75, 3.05) is 17.7 Å². The van der Waals surface area contributed by atoms with E-state index in [9.17, 15) is 10.2 Å². The standard InChI is InChI=1S/C10H14ClIN4O3/c11-8-5(12)9(16-10(13)15-8)14-4-1-3(2-17)6(18)7(4)19/h3-4,6-7,17-19H,1-2H2,(H3,13,14,15,16)/t3-,4?,6-,7+/m1/s1. The topological polar surface area (TPSA) is 125 Å².